The smallest absolute Gasteiger partial charge is 0.200 e. The van der Waals surface area contributed by atoms with Crippen LogP contribution in [0.3, 0.4) is 0 Å². The molecule has 0 saturated carbocycles. The minimum absolute atomic E-state index is 0.213. The van der Waals surface area contributed by atoms with Crippen molar-refractivity contribution >= 4 is 54.9 Å². The molecule has 3 rings (SSSR count). The molecule has 1 aliphatic rings. The number of sulfonamides is 1. The summed E-state index contributed by atoms with van der Waals surface area (Å²) in [7, 11) is -3.67. The molecule has 0 saturated heterocycles. The lowest BCUT2D eigenvalue weighted by atomic mass is 10.1. The molecule has 1 aliphatic heterocycles. The highest BCUT2D eigenvalue weighted by molar-refractivity contribution is 9.10. The molecule has 126 valence electrons. The number of hydrazone groups is 1. The summed E-state index contributed by atoms with van der Waals surface area (Å²) in [6.45, 7) is 0.350. The van der Waals surface area contributed by atoms with Gasteiger partial charge in [0.2, 0.25) is 0 Å². The van der Waals surface area contributed by atoms with Crippen LogP contribution >= 0.6 is 39.1 Å². The average Bonchev–Trinajstić information content (AvgIpc) is 2.58. The lowest BCUT2D eigenvalue weighted by Crippen LogP contribution is -2.32. The van der Waals surface area contributed by atoms with E-state index in [4.69, 9.17) is 23.2 Å². The first-order valence-electron chi connectivity index (χ1n) is 7.19. The molecule has 1 heterocycles. The molecule has 0 spiro atoms. The van der Waals surface area contributed by atoms with E-state index in [1.807, 2.05) is 0 Å². The Morgan fingerprint density at radius 1 is 1.04 bits per heavy atom. The second-order valence-corrected chi connectivity index (χ2v) is 8.86. The van der Waals surface area contributed by atoms with Crippen molar-refractivity contribution in [1.82, 2.24) is 4.41 Å². The fraction of sp³-hybridized carbons (Fsp3) is 0.188. The summed E-state index contributed by atoms with van der Waals surface area (Å²) in [6.07, 6.45) is 1.37. The number of hydrogen-bond donors (Lipinski definition) is 0. The van der Waals surface area contributed by atoms with Gasteiger partial charge in [0.1, 0.15) is 0 Å². The van der Waals surface area contributed by atoms with Gasteiger partial charge in [-0.2, -0.15) is 17.9 Å². The number of halogens is 3. The van der Waals surface area contributed by atoms with Crippen molar-refractivity contribution in [2.45, 2.75) is 17.7 Å². The third-order valence-corrected chi connectivity index (χ3v) is 6.59. The molecule has 0 aliphatic carbocycles. The number of nitrogens with zero attached hydrogens (tertiary/aromatic N) is 2. The Balaban J connectivity index is 1.96. The Morgan fingerprint density at radius 3 is 2.42 bits per heavy atom. The molecule has 24 heavy (non-hydrogen) atoms. The lowest BCUT2D eigenvalue weighted by molar-refractivity contribution is 0.410. The van der Waals surface area contributed by atoms with Crippen molar-refractivity contribution in [2.24, 2.45) is 5.10 Å². The topological polar surface area (TPSA) is 49.7 Å². The molecule has 0 N–H and O–H groups in total. The van der Waals surface area contributed by atoms with Gasteiger partial charge >= 0.3 is 0 Å². The molecule has 0 unspecified atom stereocenters. The maximum atomic E-state index is 12.8. The molecule has 4 nitrogen and oxygen atoms in total. The van der Waals surface area contributed by atoms with Crippen molar-refractivity contribution in [3.8, 4) is 0 Å². The van der Waals surface area contributed by atoms with E-state index in [9.17, 15) is 8.42 Å². The summed E-state index contributed by atoms with van der Waals surface area (Å²) >= 11 is 15.3. The highest BCUT2D eigenvalue weighted by atomic mass is 79.9. The van der Waals surface area contributed by atoms with Gasteiger partial charge in [-0.15, -0.1) is 0 Å². The van der Waals surface area contributed by atoms with Crippen molar-refractivity contribution in [3.63, 3.8) is 0 Å². The lowest BCUT2D eigenvalue weighted by Gasteiger charge is -2.25. The fourth-order valence-electron chi connectivity index (χ4n) is 2.40. The van der Waals surface area contributed by atoms with Gasteiger partial charge in [0, 0.05) is 4.47 Å². The minimum atomic E-state index is -3.67. The average molecular weight is 448 g/mol. The molecule has 8 heteroatoms. The van der Waals surface area contributed by atoms with Gasteiger partial charge < -0.3 is 0 Å². The molecular weight excluding hydrogens is 435 g/mol. The highest BCUT2D eigenvalue weighted by Crippen LogP contribution is 2.27. The minimum Gasteiger partial charge on any atom is -0.200 e. The van der Waals surface area contributed by atoms with E-state index in [-0.39, 0.29) is 4.90 Å². The largest absolute Gasteiger partial charge is 0.279 e. The van der Waals surface area contributed by atoms with E-state index in [2.05, 4.69) is 21.0 Å². The number of hydrogen-bond acceptors (Lipinski definition) is 3. The van der Waals surface area contributed by atoms with Crippen LogP contribution in [-0.4, -0.2) is 25.1 Å². The van der Waals surface area contributed by atoms with Crippen molar-refractivity contribution in [2.75, 3.05) is 6.54 Å². The van der Waals surface area contributed by atoms with Crippen LogP contribution in [0, 0.1) is 0 Å². The quantitative estimate of drug-likeness (QED) is 0.668. The molecular formula is C16H13BrCl2N2O2S. The molecule has 0 aromatic heterocycles. The van der Waals surface area contributed by atoms with Crippen LogP contribution in [-0.2, 0) is 10.0 Å². The predicted molar refractivity (Wildman–Crippen MR) is 100 cm³/mol. The van der Waals surface area contributed by atoms with Gasteiger partial charge in [-0.25, -0.2) is 0 Å². The normalized spacial score (nSPS) is 15.3. The Hall–Kier alpha value is -1.08. The van der Waals surface area contributed by atoms with Gasteiger partial charge in [0.05, 0.1) is 27.2 Å². The predicted octanol–water partition coefficient (Wildman–Crippen LogP) is 4.94. The SMILES string of the molecule is O=S(=O)(c1ccc(Br)cc1)N1CCCC(c2ccc(Cl)c(Cl)c2)=N1. The van der Waals surface area contributed by atoms with Gasteiger partial charge in [-0.05, 0) is 54.8 Å². The molecule has 2 aromatic carbocycles. The maximum Gasteiger partial charge on any atom is 0.279 e. The molecule has 0 fully saturated rings. The summed E-state index contributed by atoms with van der Waals surface area (Å²) in [6, 6.07) is 11.7. The highest BCUT2D eigenvalue weighted by Gasteiger charge is 2.26. The van der Waals surface area contributed by atoms with E-state index in [1.54, 1.807) is 42.5 Å². The molecule has 0 bridgehead atoms. The van der Waals surface area contributed by atoms with Gasteiger partial charge in [-0.3, -0.25) is 0 Å². The van der Waals surface area contributed by atoms with Crippen LogP contribution in [0.1, 0.15) is 18.4 Å². The van der Waals surface area contributed by atoms with E-state index in [0.717, 1.165) is 14.5 Å². The van der Waals surface area contributed by atoms with E-state index < -0.39 is 10.0 Å². The van der Waals surface area contributed by atoms with Crippen molar-refractivity contribution in [3.05, 3.63) is 62.5 Å². The first-order valence-corrected chi connectivity index (χ1v) is 10.2. The van der Waals surface area contributed by atoms with Crippen LogP contribution in [0.4, 0.5) is 0 Å². The van der Waals surface area contributed by atoms with E-state index in [1.165, 1.54) is 0 Å². The van der Waals surface area contributed by atoms with Crippen LogP contribution in [0.15, 0.2) is 56.9 Å². The van der Waals surface area contributed by atoms with Crippen LogP contribution in [0.25, 0.3) is 0 Å². The zero-order valence-corrected chi connectivity index (χ0v) is 16.3. The Kier molecular flexibility index (Phi) is 5.20. The van der Waals surface area contributed by atoms with Crippen LogP contribution < -0.4 is 0 Å². The van der Waals surface area contributed by atoms with Gasteiger partial charge in [-0.1, -0.05) is 45.2 Å². The standard InChI is InChI=1S/C16H13BrCl2N2O2S/c17-12-4-6-13(7-5-12)24(22,23)21-9-1-2-16(20-21)11-3-8-14(18)15(19)10-11/h3-8,10H,1-2,9H2. The van der Waals surface area contributed by atoms with E-state index in [0.29, 0.717) is 35.1 Å². The summed E-state index contributed by atoms with van der Waals surface area (Å²) in [5, 5.41) is 5.22. The fourth-order valence-corrected chi connectivity index (χ4v) is 4.26. The van der Waals surface area contributed by atoms with Crippen LogP contribution in [0.2, 0.25) is 10.0 Å². The van der Waals surface area contributed by atoms with Gasteiger partial charge in [0.15, 0.2) is 0 Å². The maximum absolute atomic E-state index is 12.8. The summed E-state index contributed by atoms with van der Waals surface area (Å²) in [5.41, 5.74) is 1.46. The molecule has 2 aromatic rings. The first kappa shape index (κ1) is 17.7. The monoisotopic (exact) mass is 446 g/mol. The third kappa shape index (κ3) is 3.61. The van der Waals surface area contributed by atoms with Crippen LogP contribution in [0.5, 0.6) is 0 Å². The summed E-state index contributed by atoms with van der Waals surface area (Å²) < 4.78 is 27.5. The molecule has 0 amide bonds. The molecule has 0 radical (unpaired) electrons. The van der Waals surface area contributed by atoms with Crippen molar-refractivity contribution < 1.29 is 8.42 Å². The Bertz CT molecular complexity index is 899. The second-order valence-electron chi connectivity index (χ2n) is 5.28. The second kappa shape index (κ2) is 7.04. The summed E-state index contributed by atoms with van der Waals surface area (Å²) in [5.74, 6) is 0. The number of benzene rings is 2. The number of rotatable bonds is 3. The van der Waals surface area contributed by atoms with Crippen molar-refractivity contribution in [1.29, 1.82) is 0 Å². The zero-order chi connectivity index (χ0) is 17.3. The third-order valence-electron chi connectivity index (χ3n) is 3.64. The zero-order valence-electron chi connectivity index (χ0n) is 12.4. The Morgan fingerprint density at radius 2 is 1.75 bits per heavy atom. The molecule has 0 atom stereocenters. The van der Waals surface area contributed by atoms with E-state index >= 15 is 0 Å². The van der Waals surface area contributed by atoms with Gasteiger partial charge in [0.25, 0.3) is 10.0 Å². The Labute approximate surface area is 159 Å². The summed E-state index contributed by atoms with van der Waals surface area (Å²) in [4.78, 5) is 0.213. The first-order chi connectivity index (χ1) is 11.4.